The average Bonchev–Trinajstić information content (AvgIpc) is 2.65. The van der Waals surface area contributed by atoms with Gasteiger partial charge in [0, 0.05) is 30.1 Å². The highest BCUT2D eigenvalue weighted by Crippen LogP contribution is 2.22. The maximum atomic E-state index is 11.7. The second-order valence-corrected chi connectivity index (χ2v) is 5.26. The van der Waals surface area contributed by atoms with Crippen LogP contribution in [0, 0.1) is 0 Å². The molecule has 0 unspecified atom stereocenters. The van der Waals surface area contributed by atoms with Gasteiger partial charge in [-0.05, 0) is 23.8 Å². The lowest BCUT2D eigenvalue weighted by Gasteiger charge is -1.98. The number of aromatic nitrogens is 1. The summed E-state index contributed by atoms with van der Waals surface area (Å²) in [5, 5.41) is 0. The topological polar surface area (TPSA) is 30.0 Å². The number of pyridine rings is 1. The minimum Gasteiger partial charge on any atom is -0.299 e. The van der Waals surface area contributed by atoms with E-state index in [9.17, 15) is 4.79 Å². The number of nitrogens with zero attached hydrogens (tertiary/aromatic N) is 1. The molecule has 2 aromatic rings. The Bertz CT molecular complexity index is 481. The molecular weight excluding hydrogens is 242 g/mol. The third-order valence-corrected chi connectivity index (χ3v) is 3.36. The van der Waals surface area contributed by atoms with Crippen molar-refractivity contribution < 1.29 is 4.79 Å². The number of halogens is 1. The Balaban J connectivity index is 1.95. The van der Waals surface area contributed by atoms with Crippen LogP contribution in [-0.4, -0.2) is 10.8 Å². The first-order valence-electron chi connectivity index (χ1n) is 4.89. The Morgan fingerprint density at radius 2 is 2.19 bits per heavy atom. The quantitative estimate of drug-likeness (QED) is 0.836. The highest BCUT2D eigenvalue weighted by Gasteiger charge is 2.07. The van der Waals surface area contributed by atoms with Crippen LogP contribution in [0.4, 0.5) is 0 Å². The molecule has 2 nitrogen and oxygen atoms in total. The molecule has 0 aliphatic heterocycles. The molecule has 0 aromatic carbocycles. The van der Waals surface area contributed by atoms with Crippen molar-refractivity contribution >= 4 is 28.7 Å². The predicted octanol–water partition coefficient (Wildman–Crippen LogP) is 3.15. The van der Waals surface area contributed by atoms with E-state index in [2.05, 4.69) is 4.98 Å². The van der Waals surface area contributed by atoms with Gasteiger partial charge in [0.1, 0.15) is 5.78 Å². The van der Waals surface area contributed by atoms with Crippen LogP contribution in [0.2, 0.25) is 4.34 Å². The molecule has 2 rings (SSSR count). The van der Waals surface area contributed by atoms with Gasteiger partial charge in [-0.1, -0.05) is 17.7 Å². The minimum atomic E-state index is 0.187. The third kappa shape index (κ3) is 3.15. The highest BCUT2D eigenvalue weighted by molar-refractivity contribution is 7.16. The Morgan fingerprint density at radius 3 is 2.81 bits per heavy atom. The Morgan fingerprint density at radius 1 is 1.31 bits per heavy atom. The molecule has 0 aliphatic rings. The molecule has 82 valence electrons. The van der Waals surface area contributed by atoms with E-state index >= 15 is 0 Å². The standard InChI is InChI=1S/C12H10ClNOS/c13-12-4-3-11(16-12)7-10(15)6-9-2-1-5-14-8-9/h1-5,8H,6-7H2. The molecule has 0 bridgehead atoms. The normalized spacial score (nSPS) is 10.3. The van der Waals surface area contributed by atoms with Gasteiger partial charge in [0.2, 0.25) is 0 Å². The second-order valence-electron chi connectivity index (χ2n) is 3.46. The zero-order valence-corrected chi connectivity index (χ0v) is 10.1. The van der Waals surface area contributed by atoms with Crippen molar-refractivity contribution in [2.45, 2.75) is 12.8 Å². The summed E-state index contributed by atoms with van der Waals surface area (Å²) in [6.07, 6.45) is 4.31. The van der Waals surface area contributed by atoms with E-state index in [1.807, 2.05) is 24.3 Å². The fraction of sp³-hybridized carbons (Fsp3) is 0.167. The van der Waals surface area contributed by atoms with E-state index in [0.29, 0.717) is 12.8 Å². The van der Waals surface area contributed by atoms with Gasteiger partial charge in [-0.2, -0.15) is 0 Å². The van der Waals surface area contributed by atoms with Gasteiger partial charge in [-0.3, -0.25) is 9.78 Å². The summed E-state index contributed by atoms with van der Waals surface area (Å²) in [6.45, 7) is 0. The lowest BCUT2D eigenvalue weighted by Crippen LogP contribution is -2.05. The number of carbonyl (C=O) groups excluding carboxylic acids is 1. The zero-order valence-electron chi connectivity index (χ0n) is 8.52. The van der Waals surface area contributed by atoms with Crippen molar-refractivity contribution in [2.24, 2.45) is 0 Å². The summed E-state index contributed by atoms with van der Waals surface area (Å²) in [7, 11) is 0. The summed E-state index contributed by atoms with van der Waals surface area (Å²) < 4.78 is 0.726. The maximum absolute atomic E-state index is 11.7. The number of hydrogen-bond acceptors (Lipinski definition) is 3. The Hall–Kier alpha value is -1.19. The van der Waals surface area contributed by atoms with Gasteiger partial charge in [-0.25, -0.2) is 0 Å². The lowest BCUT2D eigenvalue weighted by atomic mass is 10.1. The molecule has 0 atom stereocenters. The summed E-state index contributed by atoms with van der Waals surface area (Å²) in [6, 6.07) is 7.46. The van der Waals surface area contributed by atoms with Crippen LogP contribution < -0.4 is 0 Å². The molecule has 4 heteroatoms. The van der Waals surface area contributed by atoms with Gasteiger partial charge in [0.15, 0.2) is 0 Å². The lowest BCUT2D eigenvalue weighted by molar-refractivity contribution is -0.117. The van der Waals surface area contributed by atoms with Crippen LogP contribution >= 0.6 is 22.9 Å². The number of hydrogen-bond donors (Lipinski definition) is 0. The van der Waals surface area contributed by atoms with Crippen molar-refractivity contribution in [3.63, 3.8) is 0 Å². The van der Waals surface area contributed by atoms with Crippen LogP contribution in [0.3, 0.4) is 0 Å². The fourth-order valence-electron chi connectivity index (χ4n) is 1.43. The monoisotopic (exact) mass is 251 g/mol. The molecule has 0 radical (unpaired) electrons. The SMILES string of the molecule is O=C(Cc1cccnc1)Cc1ccc(Cl)s1. The van der Waals surface area contributed by atoms with E-state index in [1.54, 1.807) is 12.4 Å². The van der Waals surface area contributed by atoms with Crippen LogP contribution in [-0.2, 0) is 17.6 Å². The molecular formula is C12H10ClNOS. The number of rotatable bonds is 4. The molecule has 0 amide bonds. The molecule has 0 spiro atoms. The Labute approximate surface area is 103 Å². The summed E-state index contributed by atoms with van der Waals surface area (Å²) >= 11 is 7.26. The molecule has 0 saturated carbocycles. The smallest absolute Gasteiger partial charge is 0.142 e. The zero-order chi connectivity index (χ0) is 11.4. The first-order chi connectivity index (χ1) is 7.74. The molecule has 16 heavy (non-hydrogen) atoms. The summed E-state index contributed by atoms with van der Waals surface area (Å²) in [5.41, 5.74) is 0.954. The molecule has 2 aromatic heterocycles. The summed E-state index contributed by atoms with van der Waals surface area (Å²) in [5.74, 6) is 0.187. The molecule has 0 saturated heterocycles. The van der Waals surface area contributed by atoms with Crippen LogP contribution in [0.15, 0.2) is 36.7 Å². The predicted molar refractivity (Wildman–Crippen MR) is 66.0 cm³/mol. The van der Waals surface area contributed by atoms with Gasteiger partial charge < -0.3 is 0 Å². The van der Waals surface area contributed by atoms with Crippen molar-refractivity contribution in [1.29, 1.82) is 0 Å². The van der Waals surface area contributed by atoms with E-state index in [4.69, 9.17) is 11.6 Å². The van der Waals surface area contributed by atoms with Crippen LogP contribution in [0.25, 0.3) is 0 Å². The van der Waals surface area contributed by atoms with Gasteiger partial charge in [0.25, 0.3) is 0 Å². The van der Waals surface area contributed by atoms with E-state index < -0.39 is 0 Å². The number of thiophene rings is 1. The van der Waals surface area contributed by atoms with Crippen molar-refractivity contribution in [2.75, 3.05) is 0 Å². The van der Waals surface area contributed by atoms with Gasteiger partial charge >= 0.3 is 0 Å². The third-order valence-electron chi connectivity index (χ3n) is 2.12. The van der Waals surface area contributed by atoms with Crippen LogP contribution in [0.1, 0.15) is 10.4 Å². The largest absolute Gasteiger partial charge is 0.299 e. The van der Waals surface area contributed by atoms with E-state index in [-0.39, 0.29) is 5.78 Å². The van der Waals surface area contributed by atoms with Gasteiger partial charge in [-0.15, -0.1) is 11.3 Å². The Kier molecular flexibility index (Phi) is 3.70. The first kappa shape index (κ1) is 11.3. The first-order valence-corrected chi connectivity index (χ1v) is 6.08. The molecule has 0 aliphatic carbocycles. The molecule has 0 fully saturated rings. The maximum Gasteiger partial charge on any atom is 0.142 e. The van der Waals surface area contributed by atoms with Crippen LogP contribution in [0.5, 0.6) is 0 Å². The number of carbonyl (C=O) groups is 1. The number of Topliss-reactive ketones (excluding diaryl/α,β-unsaturated/α-hetero) is 1. The highest BCUT2D eigenvalue weighted by atomic mass is 35.5. The second kappa shape index (κ2) is 5.23. The van der Waals surface area contributed by atoms with Gasteiger partial charge in [0.05, 0.1) is 4.34 Å². The van der Waals surface area contributed by atoms with Crippen molar-refractivity contribution in [1.82, 2.24) is 4.98 Å². The minimum absolute atomic E-state index is 0.187. The number of ketones is 1. The van der Waals surface area contributed by atoms with Crippen molar-refractivity contribution in [3.8, 4) is 0 Å². The average molecular weight is 252 g/mol. The fourth-order valence-corrected chi connectivity index (χ4v) is 2.55. The van der Waals surface area contributed by atoms with Crippen molar-refractivity contribution in [3.05, 3.63) is 51.4 Å². The van der Waals surface area contributed by atoms with E-state index in [1.165, 1.54) is 11.3 Å². The van der Waals surface area contributed by atoms with E-state index in [0.717, 1.165) is 14.8 Å². The molecule has 2 heterocycles. The molecule has 0 N–H and O–H groups in total. The summed E-state index contributed by atoms with van der Waals surface area (Å²) in [4.78, 5) is 16.7.